The number of hydrazone groups is 1. The van der Waals surface area contributed by atoms with Crippen LogP contribution in [0, 0.1) is 5.82 Å². The first-order chi connectivity index (χ1) is 15.8. The maximum absolute atomic E-state index is 13.8. The van der Waals surface area contributed by atoms with Gasteiger partial charge in [-0.25, -0.2) is 4.39 Å². The number of hydrogen-bond acceptors (Lipinski definition) is 4. The number of nitrogens with one attached hydrogen (secondary N) is 2. The molecule has 166 valence electrons. The average Bonchev–Trinajstić information content (AvgIpc) is 2.83. The van der Waals surface area contributed by atoms with Gasteiger partial charge in [-0.1, -0.05) is 54.6 Å². The van der Waals surface area contributed by atoms with Crippen molar-refractivity contribution >= 4 is 38.1 Å². The fourth-order valence-corrected chi connectivity index (χ4v) is 4.11. The Morgan fingerprint density at radius 3 is 2.24 bits per heavy atom. The van der Waals surface area contributed by atoms with Crippen LogP contribution in [-0.2, 0) is 10.0 Å². The van der Waals surface area contributed by atoms with Crippen LogP contribution in [0.15, 0.2) is 101 Å². The van der Waals surface area contributed by atoms with Crippen LogP contribution in [0.4, 0.5) is 10.1 Å². The number of anilines is 1. The zero-order valence-corrected chi connectivity index (χ0v) is 18.4. The zero-order chi connectivity index (χ0) is 23.4. The number of benzene rings is 4. The van der Waals surface area contributed by atoms with Gasteiger partial charge in [-0.3, -0.25) is 4.79 Å². The van der Waals surface area contributed by atoms with E-state index in [1.807, 2.05) is 24.3 Å². The summed E-state index contributed by atoms with van der Waals surface area (Å²) in [7, 11) is -3.84. The Hall–Kier alpha value is -4.04. The molecule has 4 aromatic carbocycles. The van der Waals surface area contributed by atoms with Crippen LogP contribution >= 0.6 is 0 Å². The monoisotopic (exact) mass is 461 g/mol. The molecular formula is C25H20FN3O3S. The van der Waals surface area contributed by atoms with Gasteiger partial charge in [0.05, 0.1) is 16.2 Å². The lowest BCUT2D eigenvalue weighted by Gasteiger charge is -2.08. The molecule has 0 aliphatic carbocycles. The maximum atomic E-state index is 13.8. The molecule has 0 fully saturated rings. The molecule has 4 aromatic rings. The molecule has 0 saturated carbocycles. The highest BCUT2D eigenvalue weighted by Gasteiger charge is 2.14. The number of fused-ring (bicyclic) bond motifs is 1. The second kappa shape index (κ2) is 9.22. The Kier molecular flexibility index (Phi) is 6.19. The van der Waals surface area contributed by atoms with Crippen LogP contribution in [0.5, 0.6) is 0 Å². The number of sulfonamides is 1. The first kappa shape index (κ1) is 22.2. The predicted molar refractivity (Wildman–Crippen MR) is 127 cm³/mol. The van der Waals surface area contributed by atoms with Crippen molar-refractivity contribution in [1.29, 1.82) is 0 Å². The molecule has 0 spiro atoms. The van der Waals surface area contributed by atoms with Gasteiger partial charge in [0.2, 0.25) is 0 Å². The third kappa shape index (κ3) is 5.07. The molecule has 0 unspecified atom stereocenters. The lowest BCUT2D eigenvalue weighted by atomic mass is 10.1. The van der Waals surface area contributed by atoms with Crippen LogP contribution in [0.2, 0.25) is 0 Å². The van der Waals surface area contributed by atoms with Crippen molar-refractivity contribution in [3.63, 3.8) is 0 Å². The molecule has 0 saturated heterocycles. The molecule has 0 atom stereocenters. The topological polar surface area (TPSA) is 87.6 Å². The summed E-state index contributed by atoms with van der Waals surface area (Å²) >= 11 is 0. The van der Waals surface area contributed by atoms with E-state index in [0.717, 1.165) is 10.8 Å². The van der Waals surface area contributed by atoms with Gasteiger partial charge in [0.1, 0.15) is 5.82 Å². The zero-order valence-electron chi connectivity index (χ0n) is 17.6. The van der Waals surface area contributed by atoms with E-state index in [1.165, 1.54) is 24.3 Å². The Labute approximate surface area is 190 Å². The minimum Gasteiger partial charge on any atom is -0.322 e. The number of nitrogens with zero attached hydrogens (tertiary/aromatic N) is 1. The first-order valence-electron chi connectivity index (χ1n) is 10.0. The third-order valence-corrected chi connectivity index (χ3v) is 6.25. The molecule has 2 N–H and O–H groups in total. The quantitative estimate of drug-likeness (QED) is 0.315. The summed E-state index contributed by atoms with van der Waals surface area (Å²) in [5, 5.41) is 8.40. The summed E-state index contributed by atoms with van der Waals surface area (Å²) in [6, 6.07) is 24.7. The van der Waals surface area contributed by atoms with E-state index in [-0.39, 0.29) is 10.5 Å². The van der Waals surface area contributed by atoms with E-state index in [9.17, 15) is 17.6 Å². The molecule has 0 bridgehead atoms. The second-order valence-corrected chi connectivity index (χ2v) is 8.97. The summed E-state index contributed by atoms with van der Waals surface area (Å²) < 4.78 is 39.1. The number of carbonyl (C=O) groups excluding carboxylic acids is 1. The minimum absolute atomic E-state index is 0.0533. The molecule has 4 rings (SSSR count). The summed E-state index contributed by atoms with van der Waals surface area (Å²) in [5.74, 6) is -1.16. The number of rotatable bonds is 6. The minimum atomic E-state index is -3.84. The highest BCUT2D eigenvalue weighted by molar-refractivity contribution is 7.89. The van der Waals surface area contributed by atoms with Crippen molar-refractivity contribution in [2.24, 2.45) is 5.10 Å². The molecular weight excluding hydrogens is 441 g/mol. The number of amides is 1. The number of carbonyl (C=O) groups is 1. The molecule has 33 heavy (non-hydrogen) atoms. The van der Waals surface area contributed by atoms with Crippen molar-refractivity contribution < 1.29 is 17.6 Å². The van der Waals surface area contributed by atoms with Crippen LogP contribution in [-0.4, -0.2) is 20.0 Å². The van der Waals surface area contributed by atoms with E-state index < -0.39 is 21.7 Å². The van der Waals surface area contributed by atoms with Gasteiger partial charge in [-0.2, -0.15) is 18.4 Å². The first-order valence-corrected chi connectivity index (χ1v) is 11.5. The van der Waals surface area contributed by atoms with Crippen molar-refractivity contribution in [2.45, 2.75) is 11.8 Å². The average molecular weight is 462 g/mol. The SMILES string of the molecule is CC(=NNS(=O)(=O)c1ccc2ccccc2c1)c1ccc(NC(=O)c2ccccc2F)cc1. The lowest BCUT2D eigenvalue weighted by molar-refractivity contribution is 0.102. The molecule has 0 radical (unpaired) electrons. The van der Waals surface area contributed by atoms with Crippen molar-refractivity contribution in [3.05, 3.63) is 108 Å². The van der Waals surface area contributed by atoms with E-state index in [1.54, 1.807) is 49.4 Å². The largest absolute Gasteiger partial charge is 0.322 e. The Balaban J connectivity index is 1.46. The lowest BCUT2D eigenvalue weighted by Crippen LogP contribution is -2.20. The van der Waals surface area contributed by atoms with Crippen LogP contribution < -0.4 is 10.1 Å². The molecule has 0 aliphatic heterocycles. The van der Waals surface area contributed by atoms with Crippen LogP contribution in [0.25, 0.3) is 10.8 Å². The normalized spacial score (nSPS) is 11.9. The van der Waals surface area contributed by atoms with E-state index >= 15 is 0 Å². The number of halogens is 1. The molecule has 0 aliphatic rings. The Morgan fingerprint density at radius 1 is 0.848 bits per heavy atom. The molecule has 0 heterocycles. The van der Waals surface area contributed by atoms with E-state index in [4.69, 9.17) is 0 Å². The smallest absolute Gasteiger partial charge is 0.276 e. The van der Waals surface area contributed by atoms with Gasteiger partial charge in [0.15, 0.2) is 0 Å². The Bertz CT molecular complexity index is 1470. The van der Waals surface area contributed by atoms with Crippen LogP contribution in [0.3, 0.4) is 0 Å². The molecule has 6 nitrogen and oxygen atoms in total. The molecule has 0 aromatic heterocycles. The van der Waals surface area contributed by atoms with E-state index in [0.29, 0.717) is 17.0 Å². The highest BCUT2D eigenvalue weighted by Crippen LogP contribution is 2.19. The van der Waals surface area contributed by atoms with Crippen molar-refractivity contribution in [1.82, 2.24) is 4.83 Å². The summed E-state index contributed by atoms with van der Waals surface area (Å²) in [5.41, 5.74) is 1.51. The number of hydrogen-bond donors (Lipinski definition) is 2. The second-order valence-electron chi connectivity index (χ2n) is 7.31. The highest BCUT2D eigenvalue weighted by atomic mass is 32.2. The van der Waals surface area contributed by atoms with Gasteiger partial charge >= 0.3 is 0 Å². The van der Waals surface area contributed by atoms with Gasteiger partial charge in [-0.15, -0.1) is 0 Å². The van der Waals surface area contributed by atoms with Gasteiger partial charge < -0.3 is 5.32 Å². The standard InChI is InChI=1S/C25H20FN3O3S/c1-17(28-29-33(31,32)22-15-12-19-6-2-3-7-20(19)16-22)18-10-13-21(14-11-18)27-25(30)23-8-4-5-9-24(23)26/h2-16,29H,1H3,(H,27,30). The van der Waals surface area contributed by atoms with Gasteiger partial charge in [0, 0.05) is 5.69 Å². The maximum Gasteiger partial charge on any atom is 0.276 e. The fraction of sp³-hybridized carbons (Fsp3) is 0.0400. The van der Waals surface area contributed by atoms with Crippen LogP contribution in [0.1, 0.15) is 22.8 Å². The molecule has 1 amide bonds. The Morgan fingerprint density at radius 2 is 1.52 bits per heavy atom. The summed E-state index contributed by atoms with van der Waals surface area (Å²) in [6.07, 6.45) is 0. The third-order valence-electron chi connectivity index (χ3n) is 5.04. The van der Waals surface area contributed by atoms with Crippen molar-refractivity contribution in [3.8, 4) is 0 Å². The predicted octanol–water partition coefficient (Wildman–Crippen LogP) is 4.93. The molecule has 8 heteroatoms. The van der Waals surface area contributed by atoms with E-state index in [2.05, 4.69) is 15.2 Å². The van der Waals surface area contributed by atoms with Gasteiger partial charge in [0.25, 0.3) is 15.9 Å². The summed E-state index contributed by atoms with van der Waals surface area (Å²) in [4.78, 5) is 14.6. The van der Waals surface area contributed by atoms with Crippen molar-refractivity contribution in [2.75, 3.05) is 5.32 Å². The fourth-order valence-electron chi connectivity index (χ4n) is 3.22. The summed E-state index contributed by atoms with van der Waals surface area (Å²) in [6.45, 7) is 1.66. The van der Waals surface area contributed by atoms with Gasteiger partial charge in [-0.05, 0) is 59.7 Å².